The molecular weight excluding hydrogens is 522 g/mol. The number of aliphatic imine (C=N–C) groups is 1. The number of nitrogens with zero attached hydrogens (tertiary/aromatic N) is 4. The minimum atomic E-state index is -0.192. The predicted octanol–water partition coefficient (Wildman–Crippen LogP) is 2.38. The molecule has 2 fully saturated rings. The number of likely N-dealkylation sites (tertiary alicyclic amines) is 1. The molecule has 180 valence electrons. The standard InChI is InChI=1S/C23H37FN6O.HI/c1-4-25-23(27-20-9-11-30(17-20)22(31)18(2)3)26-10-12-28-13-15-29(16-14-28)21-7-5-19(24)6-8-21;/h5-8,18,20H,4,9-17H2,1-3H3,(H2,25,26,27);1H. The summed E-state index contributed by atoms with van der Waals surface area (Å²) in [6.07, 6.45) is 0.953. The lowest BCUT2D eigenvalue weighted by atomic mass is 10.2. The molecule has 1 aromatic carbocycles. The number of guanidine groups is 1. The van der Waals surface area contributed by atoms with E-state index < -0.39 is 0 Å². The van der Waals surface area contributed by atoms with E-state index in [0.717, 1.165) is 77.0 Å². The van der Waals surface area contributed by atoms with Gasteiger partial charge in [0.2, 0.25) is 5.91 Å². The lowest BCUT2D eigenvalue weighted by molar-refractivity contribution is -0.133. The number of hydrogen-bond acceptors (Lipinski definition) is 4. The zero-order valence-electron chi connectivity index (χ0n) is 19.5. The summed E-state index contributed by atoms with van der Waals surface area (Å²) in [5.41, 5.74) is 1.08. The zero-order valence-corrected chi connectivity index (χ0v) is 21.8. The molecule has 1 aromatic rings. The summed E-state index contributed by atoms with van der Waals surface area (Å²) >= 11 is 0. The molecule has 9 heteroatoms. The van der Waals surface area contributed by atoms with Crippen LogP contribution >= 0.6 is 24.0 Å². The monoisotopic (exact) mass is 560 g/mol. The first-order valence-corrected chi connectivity index (χ1v) is 11.5. The van der Waals surface area contributed by atoms with Crippen LogP contribution in [-0.4, -0.2) is 86.6 Å². The first-order chi connectivity index (χ1) is 15.0. The fourth-order valence-electron chi connectivity index (χ4n) is 4.14. The molecule has 2 aliphatic rings. The summed E-state index contributed by atoms with van der Waals surface area (Å²) in [6, 6.07) is 6.99. The van der Waals surface area contributed by atoms with Gasteiger partial charge in [0.25, 0.3) is 0 Å². The van der Waals surface area contributed by atoms with E-state index in [0.29, 0.717) is 0 Å². The van der Waals surface area contributed by atoms with Crippen molar-refractivity contribution in [2.24, 2.45) is 10.9 Å². The summed E-state index contributed by atoms with van der Waals surface area (Å²) in [6.45, 7) is 13.8. The molecule has 1 unspecified atom stereocenters. The fraction of sp³-hybridized carbons (Fsp3) is 0.652. The number of halogens is 2. The highest BCUT2D eigenvalue weighted by atomic mass is 127. The number of benzene rings is 1. The van der Waals surface area contributed by atoms with Gasteiger partial charge in [0.15, 0.2) is 5.96 Å². The van der Waals surface area contributed by atoms with E-state index in [4.69, 9.17) is 4.99 Å². The number of piperazine rings is 1. The maximum absolute atomic E-state index is 13.1. The van der Waals surface area contributed by atoms with Gasteiger partial charge in [-0.1, -0.05) is 13.8 Å². The van der Waals surface area contributed by atoms with Crippen LogP contribution in [0.4, 0.5) is 10.1 Å². The summed E-state index contributed by atoms with van der Waals surface area (Å²) in [5.74, 6) is 0.911. The molecule has 0 saturated carbocycles. The van der Waals surface area contributed by atoms with Crippen molar-refractivity contribution in [1.29, 1.82) is 0 Å². The molecule has 2 heterocycles. The Morgan fingerprint density at radius 2 is 1.84 bits per heavy atom. The van der Waals surface area contributed by atoms with Crippen LogP contribution in [0.5, 0.6) is 0 Å². The smallest absolute Gasteiger partial charge is 0.225 e. The third-order valence-electron chi connectivity index (χ3n) is 5.93. The van der Waals surface area contributed by atoms with Gasteiger partial charge in [0.05, 0.1) is 6.54 Å². The number of hydrogen-bond donors (Lipinski definition) is 2. The Bertz CT molecular complexity index is 737. The highest BCUT2D eigenvalue weighted by molar-refractivity contribution is 14.0. The van der Waals surface area contributed by atoms with Crippen LogP contribution in [0, 0.1) is 11.7 Å². The molecule has 1 amide bonds. The molecule has 2 aliphatic heterocycles. The van der Waals surface area contributed by atoms with Gasteiger partial charge < -0.3 is 20.4 Å². The second kappa shape index (κ2) is 13.2. The molecule has 2 N–H and O–H groups in total. The second-order valence-corrected chi connectivity index (χ2v) is 8.63. The Morgan fingerprint density at radius 1 is 1.16 bits per heavy atom. The van der Waals surface area contributed by atoms with Gasteiger partial charge in [-0.2, -0.15) is 0 Å². The van der Waals surface area contributed by atoms with E-state index in [1.54, 1.807) is 0 Å². The molecular formula is C23H38FIN6O. The normalized spacial score (nSPS) is 19.8. The summed E-state index contributed by atoms with van der Waals surface area (Å²) < 4.78 is 13.1. The summed E-state index contributed by atoms with van der Waals surface area (Å²) in [4.78, 5) is 23.6. The van der Waals surface area contributed by atoms with Crippen LogP contribution in [0.1, 0.15) is 27.2 Å². The lowest BCUT2D eigenvalue weighted by Gasteiger charge is -2.35. The van der Waals surface area contributed by atoms with Crippen LogP contribution in [0.25, 0.3) is 0 Å². The average Bonchev–Trinajstić information content (AvgIpc) is 3.23. The van der Waals surface area contributed by atoms with Crippen molar-refractivity contribution in [2.45, 2.75) is 33.2 Å². The molecule has 0 aromatic heterocycles. The number of rotatable bonds is 7. The van der Waals surface area contributed by atoms with Gasteiger partial charge in [-0.15, -0.1) is 24.0 Å². The van der Waals surface area contributed by atoms with Gasteiger partial charge >= 0.3 is 0 Å². The lowest BCUT2D eigenvalue weighted by Crippen LogP contribution is -2.48. The first-order valence-electron chi connectivity index (χ1n) is 11.5. The van der Waals surface area contributed by atoms with E-state index in [1.165, 1.54) is 12.1 Å². The van der Waals surface area contributed by atoms with E-state index in [9.17, 15) is 9.18 Å². The zero-order chi connectivity index (χ0) is 22.2. The highest BCUT2D eigenvalue weighted by Crippen LogP contribution is 2.17. The minimum Gasteiger partial charge on any atom is -0.369 e. The molecule has 1 atom stereocenters. The van der Waals surface area contributed by atoms with Crippen molar-refractivity contribution in [1.82, 2.24) is 20.4 Å². The van der Waals surface area contributed by atoms with Gasteiger partial charge in [-0.25, -0.2) is 4.39 Å². The Labute approximate surface area is 208 Å². The molecule has 32 heavy (non-hydrogen) atoms. The van der Waals surface area contributed by atoms with Gasteiger partial charge in [-0.3, -0.25) is 14.7 Å². The van der Waals surface area contributed by atoms with Crippen LogP contribution in [0.3, 0.4) is 0 Å². The maximum atomic E-state index is 13.1. The number of amides is 1. The third kappa shape index (κ3) is 7.75. The quantitative estimate of drug-likeness (QED) is 0.305. The summed E-state index contributed by atoms with van der Waals surface area (Å²) in [5, 5.41) is 6.82. The third-order valence-corrected chi connectivity index (χ3v) is 5.93. The molecule has 0 spiro atoms. The van der Waals surface area contributed by atoms with Crippen molar-refractivity contribution in [3.8, 4) is 0 Å². The number of carbonyl (C=O) groups is 1. The van der Waals surface area contributed by atoms with E-state index >= 15 is 0 Å². The van der Waals surface area contributed by atoms with Gasteiger partial charge in [0, 0.05) is 70.0 Å². The van der Waals surface area contributed by atoms with E-state index in [1.807, 2.05) is 30.9 Å². The van der Waals surface area contributed by atoms with Crippen molar-refractivity contribution < 1.29 is 9.18 Å². The summed E-state index contributed by atoms with van der Waals surface area (Å²) in [7, 11) is 0. The van der Waals surface area contributed by atoms with Crippen LogP contribution in [0.2, 0.25) is 0 Å². The Kier molecular flexibility index (Phi) is 11.0. The van der Waals surface area contributed by atoms with Crippen molar-refractivity contribution in [3.05, 3.63) is 30.1 Å². The van der Waals surface area contributed by atoms with Crippen LogP contribution < -0.4 is 15.5 Å². The molecule has 2 saturated heterocycles. The Hall–Kier alpha value is -1.62. The molecule has 7 nitrogen and oxygen atoms in total. The van der Waals surface area contributed by atoms with E-state index in [2.05, 4.69) is 27.4 Å². The molecule has 0 radical (unpaired) electrons. The fourth-order valence-corrected chi connectivity index (χ4v) is 4.14. The predicted molar refractivity (Wildman–Crippen MR) is 139 cm³/mol. The Morgan fingerprint density at radius 3 is 2.47 bits per heavy atom. The molecule has 3 rings (SSSR count). The van der Waals surface area contributed by atoms with Crippen LogP contribution in [-0.2, 0) is 4.79 Å². The van der Waals surface area contributed by atoms with E-state index in [-0.39, 0.29) is 47.7 Å². The molecule has 0 aliphatic carbocycles. The second-order valence-electron chi connectivity index (χ2n) is 8.63. The first kappa shape index (κ1) is 26.6. The topological polar surface area (TPSA) is 63.2 Å². The Balaban J connectivity index is 0.00000363. The average molecular weight is 561 g/mol. The van der Waals surface area contributed by atoms with Gasteiger partial charge in [-0.05, 0) is 37.6 Å². The molecule has 0 bridgehead atoms. The largest absolute Gasteiger partial charge is 0.369 e. The van der Waals surface area contributed by atoms with Crippen LogP contribution in [0.15, 0.2) is 29.3 Å². The van der Waals surface area contributed by atoms with Crippen molar-refractivity contribution in [3.63, 3.8) is 0 Å². The van der Waals surface area contributed by atoms with Crippen molar-refractivity contribution in [2.75, 3.05) is 63.8 Å². The SMILES string of the molecule is CCNC(=NCCN1CCN(c2ccc(F)cc2)CC1)NC1CCN(C(=O)C(C)C)C1.I. The van der Waals surface area contributed by atoms with Crippen molar-refractivity contribution >= 4 is 41.5 Å². The number of nitrogens with one attached hydrogen (secondary N) is 2. The number of carbonyl (C=O) groups excluding carboxylic acids is 1. The van der Waals surface area contributed by atoms with Gasteiger partial charge in [0.1, 0.15) is 5.82 Å². The number of anilines is 1. The minimum absolute atomic E-state index is 0. The highest BCUT2D eigenvalue weighted by Gasteiger charge is 2.28. The maximum Gasteiger partial charge on any atom is 0.225 e.